The van der Waals surface area contributed by atoms with E-state index in [1.165, 1.54) is 0 Å². The third kappa shape index (κ3) is 2.19. The van der Waals surface area contributed by atoms with Gasteiger partial charge in [0.25, 0.3) is 0 Å². The van der Waals surface area contributed by atoms with Gasteiger partial charge in [-0.05, 0) is 13.0 Å². The minimum absolute atomic E-state index is 0.0892. The minimum atomic E-state index is -4.71. The topological polar surface area (TPSA) is 54.0 Å². The van der Waals surface area contributed by atoms with Gasteiger partial charge in [0.15, 0.2) is 11.3 Å². The van der Waals surface area contributed by atoms with Gasteiger partial charge in [0.05, 0.1) is 5.69 Å². The first-order valence-corrected chi connectivity index (χ1v) is 6.35. The molecule has 0 amide bonds. The predicted octanol–water partition coefficient (Wildman–Crippen LogP) is 3.60. The maximum absolute atomic E-state index is 13.1. The van der Waals surface area contributed by atoms with Crippen LogP contribution in [0.4, 0.5) is 13.2 Å². The number of hydrogen-bond acceptors (Lipinski definition) is 3. The van der Waals surface area contributed by atoms with Gasteiger partial charge in [-0.2, -0.15) is 23.5 Å². The summed E-state index contributed by atoms with van der Waals surface area (Å²) in [6.45, 7) is 1.66. The van der Waals surface area contributed by atoms with Crippen molar-refractivity contribution >= 4 is 5.65 Å². The van der Waals surface area contributed by atoms with Crippen molar-refractivity contribution in [1.82, 2.24) is 14.6 Å². The van der Waals surface area contributed by atoms with Crippen LogP contribution >= 0.6 is 0 Å². The second-order valence-corrected chi connectivity index (χ2v) is 4.72. The fourth-order valence-corrected chi connectivity index (χ4v) is 2.25. The zero-order valence-corrected chi connectivity index (χ0v) is 11.4. The van der Waals surface area contributed by atoms with Gasteiger partial charge in [-0.25, -0.2) is 9.50 Å². The summed E-state index contributed by atoms with van der Waals surface area (Å²) in [6, 6.07) is 12.1. The first-order chi connectivity index (χ1) is 10.4. The molecule has 110 valence electrons. The molecule has 3 rings (SSSR count). The summed E-state index contributed by atoms with van der Waals surface area (Å²) in [5.41, 5.74) is -0.211. The van der Waals surface area contributed by atoms with E-state index in [4.69, 9.17) is 5.26 Å². The Kier molecular flexibility index (Phi) is 3.10. The van der Waals surface area contributed by atoms with Crippen LogP contribution in [-0.2, 0) is 6.18 Å². The van der Waals surface area contributed by atoms with E-state index in [0.29, 0.717) is 17.0 Å². The molecule has 0 saturated carbocycles. The zero-order chi connectivity index (χ0) is 15.9. The highest BCUT2D eigenvalue weighted by atomic mass is 19.4. The molecule has 0 bridgehead atoms. The molecule has 0 aliphatic rings. The van der Waals surface area contributed by atoms with Crippen LogP contribution in [0, 0.1) is 18.3 Å². The van der Waals surface area contributed by atoms with Gasteiger partial charge in [-0.15, -0.1) is 0 Å². The van der Waals surface area contributed by atoms with Crippen molar-refractivity contribution in [2.24, 2.45) is 0 Å². The molecule has 0 unspecified atom stereocenters. The normalized spacial score (nSPS) is 11.6. The molecule has 0 fully saturated rings. The molecule has 0 radical (unpaired) electrons. The van der Waals surface area contributed by atoms with Crippen LogP contribution in [0.5, 0.6) is 0 Å². The van der Waals surface area contributed by atoms with E-state index in [1.54, 1.807) is 49.4 Å². The summed E-state index contributed by atoms with van der Waals surface area (Å²) in [5, 5.41) is 12.7. The van der Waals surface area contributed by atoms with Crippen LogP contribution in [0.3, 0.4) is 0 Å². The molecule has 0 N–H and O–H groups in total. The van der Waals surface area contributed by atoms with E-state index < -0.39 is 17.4 Å². The number of hydrogen-bond donors (Lipinski definition) is 0. The van der Waals surface area contributed by atoms with Crippen LogP contribution in [0.1, 0.15) is 17.0 Å². The molecule has 2 aromatic heterocycles. The number of alkyl halides is 3. The van der Waals surface area contributed by atoms with Crippen molar-refractivity contribution in [3.8, 4) is 17.3 Å². The molecule has 22 heavy (non-hydrogen) atoms. The minimum Gasteiger partial charge on any atom is -0.233 e. The molecule has 0 aliphatic carbocycles. The van der Waals surface area contributed by atoms with Gasteiger partial charge in [0.2, 0.25) is 0 Å². The van der Waals surface area contributed by atoms with Crippen molar-refractivity contribution in [2.45, 2.75) is 13.1 Å². The average molecular weight is 302 g/mol. The molecule has 7 heteroatoms. The standard InChI is InChI=1S/C15H9F3N4/c1-9-7-12(10-5-3-2-4-6-10)22-14(20-9)11(8-19)13(21-22)15(16,17)18/h2-7H,1H3. The summed E-state index contributed by atoms with van der Waals surface area (Å²) in [4.78, 5) is 4.04. The number of halogens is 3. The smallest absolute Gasteiger partial charge is 0.233 e. The van der Waals surface area contributed by atoms with Crippen molar-refractivity contribution in [3.05, 3.63) is 53.3 Å². The van der Waals surface area contributed by atoms with Crippen LogP contribution in [0.25, 0.3) is 16.9 Å². The molecule has 0 spiro atoms. The zero-order valence-electron chi connectivity index (χ0n) is 11.4. The predicted molar refractivity (Wildman–Crippen MR) is 72.9 cm³/mol. The molecular formula is C15H9F3N4. The van der Waals surface area contributed by atoms with E-state index in [2.05, 4.69) is 10.1 Å². The van der Waals surface area contributed by atoms with Crippen LogP contribution < -0.4 is 0 Å². The molecular weight excluding hydrogens is 293 g/mol. The number of nitriles is 1. The van der Waals surface area contributed by atoms with Gasteiger partial charge in [0, 0.05) is 11.3 Å². The molecule has 0 saturated heterocycles. The Bertz CT molecular complexity index is 889. The molecule has 0 atom stereocenters. The van der Waals surface area contributed by atoms with Crippen molar-refractivity contribution in [3.63, 3.8) is 0 Å². The lowest BCUT2D eigenvalue weighted by Gasteiger charge is -2.06. The lowest BCUT2D eigenvalue weighted by Crippen LogP contribution is -2.08. The molecule has 2 heterocycles. The first-order valence-electron chi connectivity index (χ1n) is 6.35. The van der Waals surface area contributed by atoms with Crippen LogP contribution in [0.2, 0.25) is 0 Å². The SMILES string of the molecule is Cc1cc(-c2ccccc2)n2nc(C(F)(F)F)c(C#N)c2n1. The van der Waals surface area contributed by atoms with Gasteiger partial charge in [-0.3, -0.25) is 0 Å². The fourth-order valence-electron chi connectivity index (χ4n) is 2.25. The Labute approximate surface area is 123 Å². The fraction of sp³-hybridized carbons (Fsp3) is 0.133. The molecule has 4 nitrogen and oxygen atoms in total. The number of aryl methyl sites for hydroxylation is 1. The summed E-state index contributed by atoms with van der Waals surface area (Å²) >= 11 is 0. The van der Waals surface area contributed by atoms with Crippen LogP contribution in [0.15, 0.2) is 36.4 Å². The Hall–Kier alpha value is -2.88. The van der Waals surface area contributed by atoms with Gasteiger partial charge in [0.1, 0.15) is 11.6 Å². The van der Waals surface area contributed by atoms with Crippen molar-refractivity contribution in [1.29, 1.82) is 5.26 Å². The monoisotopic (exact) mass is 302 g/mol. The summed E-state index contributed by atoms with van der Waals surface area (Å²) in [7, 11) is 0. The largest absolute Gasteiger partial charge is 0.436 e. The highest BCUT2D eigenvalue weighted by molar-refractivity contribution is 5.67. The number of benzene rings is 1. The van der Waals surface area contributed by atoms with Gasteiger partial charge < -0.3 is 0 Å². The summed E-state index contributed by atoms with van der Waals surface area (Å²) in [5.74, 6) is 0. The quantitative estimate of drug-likeness (QED) is 0.690. The van der Waals surface area contributed by atoms with E-state index >= 15 is 0 Å². The second-order valence-electron chi connectivity index (χ2n) is 4.72. The van der Waals surface area contributed by atoms with E-state index in [-0.39, 0.29) is 5.65 Å². The third-order valence-corrected chi connectivity index (χ3v) is 3.17. The van der Waals surface area contributed by atoms with E-state index in [0.717, 1.165) is 4.52 Å². The highest BCUT2D eigenvalue weighted by Gasteiger charge is 2.39. The molecule has 1 aromatic carbocycles. The van der Waals surface area contributed by atoms with Crippen molar-refractivity contribution in [2.75, 3.05) is 0 Å². The summed E-state index contributed by atoms with van der Waals surface area (Å²) < 4.78 is 40.2. The highest BCUT2D eigenvalue weighted by Crippen LogP contribution is 2.33. The Balaban J connectivity index is 2.41. The average Bonchev–Trinajstić information content (AvgIpc) is 2.85. The van der Waals surface area contributed by atoms with Crippen LogP contribution in [-0.4, -0.2) is 14.6 Å². The summed E-state index contributed by atoms with van der Waals surface area (Å²) in [6.07, 6.45) is -4.71. The van der Waals surface area contributed by atoms with E-state index in [9.17, 15) is 13.2 Å². The maximum atomic E-state index is 13.1. The maximum Gasteiger partial charge on any atom is 0.436 e. The lowest BCUT2D eigenvalue weighted by atomic mass is 10.1. The van der Waals surface area contributed by atoms with Gasteiger partial charge >= 0.3 is 6.18 Å². The van der Waals surface area contributed by atoms with E-state index in [1.807, 2.05) is 0 Å². The van der Waals surface area contributed by atoms with Crippen molar-refractivity contribution < 1.29 is 13.2 Å². The third-order valence-electron chi connectivity index (χ3n) is 3.17. The second kappa shape index (κ2) is 4.84. The number of fused-ring (bicyclic) bond motifs is 1. The first kappa shape index (κ1) is 14.1. The lowest BCUT2D eigenvalue weighted by molar-refractivity contribution is -0.141. The van der Waals surface area contributed by atoms with Gasteiger partial charge in [-0.1, -0.05) is 30.3 Å². The molecule has 0 aliphatic heterocycles. The Morgan fingerprint density at radius 3 is 2.45 bits per heavy atom. The number of nitrogens with zero attached hydrogens (tertiary/aromatic N) is 4. The molecule has 3 aromatic rings. The number of aromatic nitrogens is 3. The number of rotatable bonds is 1. The Morgan fingerprint density at radius 2 is 1.86 bits per heavy atom. The Morgan fingerprint density at radius 1 is 1.18 bits per heavy atom.